The van der Waals surface area contributed by atoms with Crippen molar-refractivity contribution in [2.24, 2.45) is 0 Å². The number of ether oxygens (including phenoxy) is 2. The van der Waals surface area contributed by atoms with E-state index in [1.54, 1.807) is 0 Å². The Hall–Kier alpha value is -1.17. The Balaban J connectivity index is 3.36. The predicted octanol–water partition coefficient (Wildman–Crippen LogP) is 0.997. The van der Waals surface area contributed by atoms with E-state index in [-0.39, 0.29) is 6.61 Å². The van der Waals surface area contributed by atoms with E-state index in [2.05, 4.69) is 11.3 Å². The molecule has 0 aromatic heterocycles. The van der Waals surface area contributed by atoms with Crippen LogP contribution < -0.4 is 0 Å². The summed E-state index contributed by atoms with van der Waals surface area (Å²) in [6, 6.07) is 0. The standard InChI is InChI=1S/C11H19O7P/c1-2-10(12)17-7-5-3-4-6-8-18-11(13)9-19(14,15)16/h2H,1,3-9H2,(H2,14,15,16). The fourth-order valence-electron chi connectivity index (χ4n) is 1.19. The highest BCUT2D eigenvalue weighted by Gasteiger charge is 2.19. The van der Waals surface area contributed by atoms with Gasteiger partial charge < -0.3 is 19.3 Å². The van der Waals surface area contributed by atoms with Crippen molar-refractivity contribution in [1.29, 1.82) is 0 Å². The molecule has 0 aromatic rings. The van der Waals surface area contributed by atoms with Crippen LogP contribution in [-0.4, -0.2) is 41.1 Å². The van der Waals surface area contributed by atoms with Crippen molar-refractivity contribution >= 4 is 19.5 Å². The van der Waals surface area contributed by atoms with Crippen LogP contribution >= 0.6 is 7.60 Å². The van der Waals surface area contributed by atoms with E-state index in [0.29, 0.717) is 19.4 Å². The first kappa shape index (κ1) is 17.8. The molecule has 0 aliphatic heterocycles. The normalized spacial score (nSPS) is 10.8. The van der Waals surface area contributed by atoms with Crippen LogP contribution in [0, 0.1) is 0 Å². The molecule has 110 valence electrons. The fraction of sp³-hybridized carbons (Fsp3) is 0.636. The van der Waals surface area contributed by atoms with E-state index < -0.39 is 25.7 Å². The van der Waals surface area contributed by atoms with Gasteiger partial charge in [0.25, 0.3) is 0 Å². The lowest BCUT2D eigenvalue weighted by atomic mass is 10.2. The first-order valence-corrected chi connectivity index (χ1v) is 7.64. The Morgan fingerprint density at radius 2 is 1.58 bits per heavy atom. The van der Waals surface area contributed by atoms with Crippen molar-refractivity contribution in [1.82, 2.24) is 0 Å². The van der Waals surface area contributed by atoms with Crippen molar-refractivity contribution in [3.05, 3.63) is 12.7 Å². The summed E-state index contributed by atoms with van der Waals surface area (Å²) in [5.41, 5.74) is 0. The van der Waals surface area contributed by atoms with Gasteiger partial charge in [0.15, 0.2) is 0 Å². The zero-order chi connectivity index (χ0) is 14.7. The molecule has 0 rings (SSSR count). The van der Waals surface area contributed by atoms with Gasteiger partial charge >= 0.3 is 19.5 Å². The van der Waals surface area contributed by atoms with Crippen LogP contribution in [0.25, 0.3) is 0 Å². The van der Waals surface area contributed by atoms with Gasteiger partial charge in [-0.3, -0.25) is 9.36 Å². The highest BCUT2D eigenvalue weighted by atomic mass is 31.2. The molecule has 0 aromatic carbocycles. The molecule has 0 amide bonds. The molecule has 0 bridgehead atoms. The molecule has 0 saturated carbocycles. The van der Waals surface area contributed by atoms with Crippen LogP contribution in [0.4, 0.5) is 0 Å². The fourth-order valence-corrected chi connectivity index (χ4v) is 1.62. The van der Waals surface area contributed by atoms with Gasteiger partial charge in [-0.1, -0.05) is 6.58 Å². The molecule has 0 saturated heterocycles. The van der Waals surface area contributed by atoms with Crippen molar-refractivity contribution in [3.8, 4) is 0 Å². The maximum atomic E-state index is 10.9. The lowest BCUT2D eigenvalue weighted by molar-refractivity contribution is -0.141. The van der Waals surface area contributed by atoms with Gasteiger partial charge in [0.1, 0.15) is 6.16 Å². The molecule has 19 heavy (non-hydrogen) atoms. The third-order valence-electron chi connectivity index (χ3n) is 2.05. The molecule has 0 spiro atoms. The van der Waals surface area contributed by atoms with E-state index in [4.69, 9.17) is 14.5 Å². The van der Waals surface area contributed by atoms with Gasteiger partial charge in [-0.25, -0.2) is 4.79 Å². The summed E-state index contributed by atoms with van der Waals surface area (Å²) in [7, 11) is -4.34. The molecule has 0 atom stereocenters. The predicted molar refractivity (Wildman–Crippen MR) is 67.5 cm³/mol. The maximum absolute atomic E-state index is 10.9. The second-order valence-corrected chi connectivity index (χ2v) is 5.47. The van der Waals surface area contributed by atoms with E-state index in [1.807, 2.05) is 0 Å². The summed E-state index contributed by atoms with van der Waals surface area (Å²) in [4.78, 5) is 38.6. The molecule has 0 fully saturated rings. The molecule has 0 heterocycles. The summed E-state index contributed by atoms with van der Waals surface area (Å²) in [5, 5.41) is 0. The van der Waals surface area contributed by atoms with Gasteiger partial charge in [-0.15, -0.1) is 0 Å². The largest absolute Gasteiger partial charge is 0.465 e. The molecule has 0 unspecified atom stereocenters. The van der Waals surface area contributed by atoms with Crippen molar-refractivity contribution in [3.63, 3.8) is 0 Å². The molecule has 2 N–H and O–H groups in total. The number of hydrogen-bond donors (Lipinski definition) is 2. The summed E-state index contributed by atoms with van der Waals surface area (Å²) in [6.07, 6.45) is 3.10. The van der Waals surface area contributed by atoms with E-state index in [0.717, 1.165) is 18.9 Å². The number of hydrogen-bond acceptors (Lipinski definition) is 5. The summed E-state index contributed by atoms with van der Waals surface area (Å²) < 4.78 is 19.9. The third-order valence-corrected chi connectivity index (χ3v) is 2.72. The van der Waals surface area contributed by atoms with E-state index in [9.17, 15) is 14.2 Å². The Labute approximate surface area is 111 Å². The highest BCUT2D eigenvalue weighted by Crippen LogP contribution is 2.33. The van der Waals surface area contributed by atoms with Crippen LogP contribution in [0.1, 0.15) is 25.7 Å². The van der Waals surface area contributed by atoms with Crippen molar-refractivity contribution in [2.45, 2.75) is 25.7 Å². The SMILES string of the molecule is C=CC(=O)OCCCCCCOC(=O)CP(=O)(O)O. The van der Waals surface area contributed by atoms with Crippen LogP contribution in [0.5, 0.6) is 0 Å². The zero-order valence-electron chi connectivity index (χ0n) is 10.6. The lowest BCUT2D eigenvalue weighted by Gasteiger charge is -2.06. The highest BCUT2D eigenvalue weighted by molar-refractivity contribution is 7.52. The minimum absolute atomic E-state index is 0.130. The minimum atomic E-state index is -4.34. The number of carbonyl (C=O) groups is 2. The number of esters is 2. The lowest BCUT2D eigenvalue weighted by Crippen LogP contribution is -2.11. The molecule has 0 radical (unpaired) electrons. The Morgan fingerprint density at radius 1 is 1.05 bits per heavy atom. The van der Waals surface area contributed by atoms with Crippen LogP contribution in [0.2, 0.25) is 0 Å². The number of unbranched alkanes of at least 4 members (excludes halogenated alkanes) is 3. The minimum Gasteiger partial charge on any atom is -0.465 e. The Bertz CT molecular complexity index is 347. The number of rotatable bonds is 10. The topological polar surface area (TPSA) is 110 Å². The quantitative estimate of drug-likeness (QED) is 0.267. The first-order chi connectivity index (χ1) is 8.85. The Kier molecular flexibility index (Phi) is 9.12. The average Bonchev–Trinajstić information content (AvgIpc) is 2.29. The molecular weight excluding hydrogens is 275 g/mol. The maximum Gasteiger partial charge on any atom is 0.336 e. The zero-order valence-corrected chi connectivity index (χ0v) is 11.5. The number of carbonyl (C=O) groups excluding carboxylic acids is 2. The second-order valence-electron chi connectivity index (χ2n) is 3.83. The van der Waals surface area contributed by atoms with Gasteiger partial charge in [-0.2, -0.15) is 0 Å². The monoisotopic (exact) mass is 294 g/mol. The summed E-state index contributed by atoms with van der Waals surface area (Å²) >= 11 is 0. The summed E-state index contributed by atoms with van der Waals surface area (Å²) in [5.74, 6) is -1.35. The average molecular weight is 294 g/mol. The second kappa shape index (κ2) is 9.72. The van der Waals surface area contributed by atoms with Gasteiger partial charge in [-0.05, 0) is 25.7 Å². The summed E-state index contributed by atoms with van der Waals surface area (Å²) in [6.45, 7) is 3.72. The first-order valence-electron chi connectivity index (χ1n) is 5.84. The van der Waals surface area contributed by atoms with Crippen LogP contribution in [0.15, 0.2) is 12.7 Å². The van der Waals surface area contributed by atoms with Crippen molar-refractivity contribution in [2.75, 3.05) is 19.4 Å². The molecule has 0 aliphatic rings. The van der Waals surface area contributed by atoms with Gasteiger partial charge in [0.2, 0.25) is 0 Å². The third kappa shape index (κ3) is 13.1. The van der Waals surface area contributed by atoms with Crippen LogP contribution in [-0.2, 0) is 23.6 Å². The van der Waals surface area contributed by atoms with Crippen LogP contribution in [0.3, 0.4) is 0 Å². The Morgan fingerprint density at radius 3 is 2.05 bits per heavy atom. The van der Waals surface area contributed by atoms with Gasteiger partial charge in [0, 0.05) is 6.08 Å². The molecule has 8 heteroatoms. The van der Waals surface area contributed by atoms with Gasteiger partial charge in [0.05, 0.1) is 13.2 Å². The smallest absolute Gasteiger partial charge is 0.336 e. The molecular formula is C11H19O7P. The molecule has 7 nitrogen and oxygen atoms in total. The molecule has 0 aliphatic carbocycles. The van der Waals surface area contributed by atoms with E-state index in [1.165, 1.54) is 0 Å². The van der Waals surface area contributed by atoms with Crippen molar-refractivity contribution < 1.29 is 33.4 Å². The van der Waals surface area contributed by atoms with E-state index >= 15 is 0 Å².